The Hall–Kier alpha value is -0.410. The molecule has 4 aliphatic carbocycles. The van der Waals surface area contributed by atoms with E-state index in [2.05, 4.69) is 34.6 Å². The minimum atomic E-state index is -0.474. The summed E-state index contributed by atoms with van der Waals surface area (Å²) in [5.41, 5.74) is 0.538. The first-order chi connectivity index (χ1) is 13.1. The van der Waals surface area contributed by atoms with Crippen LogP contribution in [-0.4, -0.2) is 23.8 Å². The van der Waals surface area contributed by atoms with Crippen molar-refractivity contribution in [3.8, 4) is 0 Å². The molecular weight excluding hydrogens is 348 g/mol. The molecule has 0 bridgehead atoms. The maximum Gasteiger partial charge on any atom is 0.163 e. The van der Waals surface area contributed by atoms with Gasteiger partial charge in [0.15, 0.2) is 5.79 Å². The number of carbonyl (C=O) groups is 1. The van der Waals surface area contributed by atoms with Gasteiger partial charge < -0.3 is 9.47 Å². The van der Waals surface area contributed by atoms with Gasteiger partial charge in [-0.15, -0.1) is 0 Å². The summed E-state index contributed by atoms with van der Waals surface area (Å²) in [4.78, 5) is 12.5. The maximum absolute atomic E-state index is 12.5. The summed E-state index contributed by atoms with van der Waals surface area (Å²) < 4.78 is 13.3. The summed E-state index contributed by atoms with van der Waals surface area (Å²) in [6, 6.07) is 0. The number of hydrogen-bond acceptors (Lipinski definition) is 3. The maximum atomic E-state index is 12.5. The zero-order chi connectivity index (χ0) is 20.1. The van der Waals surface area contributed by atoms with E-state index in [4.69, 9.17) is 9.47 Å². The molecule has 1 heterocycles. The average molecular weight is 389 g/mol. The fourth-order valence-corrected chi connectivity index (χ4v) is 9.05. The van der Waals surface area contributed by atoms with Crippen LogP contribution in [0.25, 0.3) is 0 Å². The van der Waals surface area contributed by atoms with Crippen LogP contribution in [0.15, 0.2) is 0 Å². The molecule has 5 fully saturated rings. The van der Waals surface area contributed by atoms with E-state index in [-0.39, 0.29) is 23.5 Å². The van der Waals surface area contributed by atoms with Crippen molar-refractivity contribution in [3.05, 3.63) is 0 Å². The molecule has 4 saturated carbocycles. The van der Waals surface area contributed by atoms with Gasteiger partial charge in [-0.25, -0.2) is 0 Å². The van der Waals surface area contributed by atoms with Crippen LogP contribution in [-0.2, 0) is 14.3 Å². The standard InChI is InChI=1S/C25H40O3/c1-14-9-11-25(6)18-10-12-24(5)16(15(2)26)7-8-17(24)20(18)22-21(19(25)13-14)27-23(3,4)28-22/h14,16-22H,7-13H2,1-6H3/t14-,16+,17-,18-,19+,20-,21+,22+,24+,25+/m0/s1. The van der Waals surface area contributed by atoms with Gasteiger partial charge in [-0.3, -0.25) is 4.79 Å². The average Bonchev–Trinajstić information content (AvgIpc) is 3.12. The van der Waals surface area contributed by atoms with Crippen LogP contribution in [0.4, 0.5) is 0 Å². The minimum absolute atomic E-state index is 0.165. The second-order valence-electron chi connectivity index (χ2n) is 12.1. The first-order valence-corrected chi connectivity index (χ1v) is 11.9. The van der Waals surface area contributed by atoms with E-state index in [1.807, 2.05) is 6.92 Å². The third-order valence-corrected chi connectivity index (χ3v) is 10.3. The molecule has 0 unspecified atom stereocenters. The zero-order valence-electron chi connectivity index (χ0n) is 18.8. The Labute approximate surface area is 171 Å². The first-order valence-electron chi connectivity index (χ1n) is 11.9. The Kier molecular flexibility index (Phi) is 4.23. The highest BCUT2D eigenvalue weighted by molar-refractivity contribution is 5.79. The van der Waals surface area contributed by atoms with Gasteiger partial charge in [-0.2, -0.15) is 0 Å². The van der Waals surface area contributed by atoms with Gasteiger partial charge >= 0.3 is 0 Å². The Morgan fingerprint density at radius 3 is 2.18 bits per heavy atom. The predicted octanol–water partition coefficient (Wildman–Crippen LogP) is 5.61. The fourth-order valence-electron chi connectivity index (χ4n) is 9.05. The molecule has 28 heavy (non-hydrogen) atoms. The SMILES string of the molecule is CC(=O)[C@H]1CC[C@H]2[C@@H]3[C@H]4OC(C)(C)O[C@@H]4[C@H]4C[C@@H](C)CC[C@]4(C)[C@H]3CC[C@]12C. The highest BCUT2D eigenvalue weighted by Crippen LogP contribution is 2.69. The lowest BCUT2D eigenvalue weighted by molar-refractivity contribution is -0.184. The van der Waals surface area contributed by atoms with Crippen molar-refractivity contribution < 1.29 is 14.3 Å². The van der Waals surface area contributed by atoms with E-state index in [1.165, 1.54) is 38.5 Å². The zero-order valence-corrected chi connectivity index (χ0v) is 18.8. The molecule has 0 radical (unpaired) electrons. The summed E-state index contributed by atoms with van der Waals surface area (Å²) in [6.45, 7) is 13.5. The topological polar surface area (TPSA) is 35.5 Å². The van der Waals surface area contributed by atoms with Crippen LogP contribution in [0.5, 0.6) is 0 Å². The van der Waals surface area contributed by atoms with Crippen molar-refractivity contribution in [2.75, 3.05) is 0 Å². The summed E-state index contributed by atoms with van der Waals surface area (Å²) >= 11 is 0. The van der Waals surface area contributed by atoms with E-state index in [9.17, 15) is 4.79 Å². The van der Waals surface area contributed by atoms with Crippen molar-refractivity contribution in [2.45, 2.75) is 104 Å². The van der Waals surface area contributed by atoms with Crippen molar-refractivity contribution in [1.82, 2.24) is 0 Å². The quantitative estimate of drug-likeness (QED) is 0.586. The van der Waals surface area contributed by atoms with Crippen molar-refractivity contribution >= 4 is 5.78 Å². The Morgan fingerprint density at radius 2 is 1.46 bits per heavy atom. The van der Waals surface area contributed by atoms with E-state index < -0.39 is 5.79 Å². The minimum Gasteiger partial charge on any atom is -0.344 e. The van der Waals surface area contributed by atoms with E-state index in [1.54, 1.807) is 0 Å². The Morgan fingerprint density at radius 1 is 0.821 bits per heavy atom. The van der Waals surface area contributed by atoms with Crippen LogP contribution in [0, 0.1) is 46.3 Å². The largest absolute Gasteiger partial charge is 0.344 e. The van der Waals surface area contributed by atoms with Crippen LogP contribution in [0.2, 0.25) is 0 Å². The Balaban J connectivity index is 1.57. The molecule has 5 aliphatic rings. The highest BCUT2D eigenvalue weighted by atomic mass is 16.8. The molecule has 5 rings (SSSR count). The summed E-state index contributed by atoms with van der Waals surface area (Å²) in [7, 11) is 0. The molecule has 10 atom stereocenters. The highest BCUT2D eigenvalue weighted by Gasteiger charge is 2.68. The molecule has 1 aliphatic heterocycles. The summed E-state index contributed by atoms with van der Waals surface area (Å²) in [6.07, 6.45) is 9.23. The van der Waals surface area contributed by atoms with Gasteiger partial charge in [0.2, 0.25) is 0 Å². The van der Waals surface area contributed by atoms with Crippen molar-refractivity contribution in [3.63, 3.8) is 0 Å². The van der Waals surface area contributed by atoms with Crippen LogP contribution in [0.3, 0.4) is 0 Å². The van der Waals surface area contributed by atoms with Gasteiger partial charge in [0, 0.05) is 5.92 Å². The van der Waals surface area contributed by atoms with E-state index in [0.29, 0.717) is 29.0 Å². The third-order valence-electron chi connectivity index (χ3n) is 10.3. The number of fused-ring (bicyclic) bond motifs is 8. The van der Waals surface area contributed by atoms with Gasteiger partial charge in [0.05, 0.1) is 12.2 Å². The normalized spacial score (nSPS) is 57.1. The number of ether oxygens (including phenoxy) is 2. The third kappa shape index (κ3) is 2.51. The molecule has 0 aromatic carbocycles. The number of hydrogen-bond donors (Lipinski definition) is 0. The van der Waals surface area contributed by atoms with Crippen molar-refractivity contribution in [1.29, 1.82) is 0 Å². The van der Waals surface area contributed by atoms with Gasteiger partial charge in [0.1, 0.15) is 5.78 Å². The number of rotatable bonds is 1. The molecule has 1 saturated heterocycles. The summed E-state index contributed by atoms with van der Waals surface area (Å²) in [5, 5.41) is 0. The number of ketones is 1. The van der Waals surface area contributed by atoms with Crippen molar-refractivity contribution in [2.24, 2.45) is 46.3 Å². The second kappa shape index (κ2) is 6.06. The van der Waals surface area contributed by atoms with Gasteiger partial charge in [-0.05, 0) is 99.7 Å². The lowest BCUT2D eigenvalue weighted by Crippen LogP contribution is -2.63. The first kappa shape index (κ1) is 19.5. The molecule has 0 aromatic heterocycles. The molecule has 3 nitrogen and oxygen atoms in total. The number of Topliss-reactive ketones (excluding diaryl/α,β-unsaturated/α-hetero) is 1. The molecule has 158 valence electrons. The van der Waals surface area contributed by atoms with Crippen LogP contribution in [0.1, 0.15) is 86.5 Å². The van der Waals surface area contributed by atoms with E-state index in [0.717, 1.165) is 18.3 Å². The molecule has 0 spiro atoms. The molecule has 3 heteroatoms. The molecule has 0 aromatic rings. The monoisotopic (exact) mass is 388 g/mol. The van der Waals surface area contributed by atoms with E-state index >= 15 is 0 Å². The Bertz CT molecular complexity index is 671. The fraction of sp³-hybridized carbons (Fsp3) is 0.960. The van der Waals surface area contributed by atoms with Gasteiger partial charge in [0.25, 0.3) is 0 Å². The lowest BCUT2D eigenvalue weighted by Gasteiger charge is -2.63. The van der Waals surface area contributed by atoms with Gasteiger partial charge in [-0.1, -0.05) is 27.2 Å². The predicted molar refractivity (Wildman–Crippen MR) is 110 cm³/mol. The summed E-state index contributed by atoms with van der Waals surface area (Å²) in [5.74, 6) is 3.51. The molecule has 0 N–H and O–H groups in total. The van der Waals surface area contributed by atoms with Crippen LogP contribution >= 0.6 is 0 Å². The lowest BCUT2D eigenvalue weighted by atomic mass is 9.43. The second-order valence-corrected chi connectivity index (χ2v) is 12.1. The molecule has 0 amide bonds. The smallest absolute Gasteiger partial charge is 0.163 e. The molecular formula is C25H40O3. The number of carbonyl (C=O) groups excluding carboxylic acids is 1. The van der Waals surface area contributed by atoms with Crippen LogP contribution < -0.4 is 0 Å².